The van der Waals surface area contributed by atoms with Crippen molar-refractivity contribution >= 4 is 9.84 Å². The number of hydrogen-bond donors (Lipinski definition) is 2. The lowest BCUT2D eigenvalue weighted by molar-refractivity contribution is -0.284. The fourth-order valence-corrected chi connectivity index (χ4v) is 9.78. The van der Waals surface area contributed by atoms with Crippen LogP contribution in [-0.2, 0) is 16.3 Å². The first-order chi connectivity index (χ1) is 20.1. The van der Waals surface area contributed by atoms with Gasteiger partial charge in [-0.25, -0.2) is 8.42 Å². The maximum absolute atomic E-state index is 13.0. The summed E-state index contributed by atoms with van der Waals surface area (Å²) in [6.45, 7) is 6.57. The average Bonchev–Trinajstić information content (AvgIpc) is 3.14. The number of halogens is 5. The summed E-state index contributed by atoms with van der Waals surface area (Å²) < 4.78 is 86.8. The van der Waals surface area contributed by atoms with Crippen molar-refractivity contribution in [2.45, 2.75) is 121 Å². The van der Waals surface area contributed by atoms with Gasteiger partial charge in [0.25, 0.3) is 0 Å². The Balaban J connectivity index is 1.19. The first kappa shape index (κ1) is 34.2. The molecule has 1 aromatic rings. The van der Waals surface area contributed by atoms with Crippen molar-refractivity contribution in [3.63, 3.8) is 0 Å². The molecule has 0 unspecified atom stereocenters. The molecule has 244 valence electrons. The van der Waals surface area contributed by atoms with Gasteiger partial charge in [0.05, 0.1) is 17.6 Å². The molecule has 43 heavy (non-hydrogen) atoms. The molecule has 3 aliphatic rings. The van der Waals surface area contributed by atoms with Crippen LogP contribution in [0.15, 0.2) is 30.4 Å². The Morgan fingerprint density at radius 1 is 0.977 bits per heavy atom. The molecular formula is C33H47F5O4S. The summed E-state index contributed by atoms with van der Waals surface area (Å²) in [6, 6.07) is 5.81. The van der Waals surface area contributed by atoms with Gasteiger partial charge in [0.2, 0.25) is 0 Å². The lowest BCUT2D eigenvalue weighted by atomic mass is 9.52. The predicted molar refractivity (Wildman–Crippen MR) is 158 cm³/mol. The molecule has 4 rings (SSSR count). The Morgan fingerprint density at radius 3 is 2.28 bits per heavy atom. The van der Waals surface area contributed by atoms with Crippen LogP contribution in [0.3, 0.4) is 0 Å². The molecule has 0 heterocycles. The normalized spacial score (nSPS) is 29.3. The van der Waals surface area contributed by atoms with Crippen LogP contribution in [0.4, 0.5) is 22.0 Å². The zero-order chi connectivity index (χ0) is 31.6. The van der Waals surface area contributed by atoms with E-state index in [-0.39, 0.29) is 11.2 Å². The Bertz CT molecular complexity index is 1230. The predicted octanol–water partition coefficient (Wildman–Crippen LogP) is 8.51. The molecular weight excluding hydrogens is 587 g/mol. The topological polar surface area (TPSA) is 74.6 Å². The summed E-state index contributed by atoms with van der Waals surface area (Å²) >= 11 is 0. The van der Waals surface area contributed by atoms with Crippen molar-refractivity contribution in [2.75, 3.05) is 11.5 Å². The fourth-order valence-electron chi connectivity index (χ4n) is 8.35. The van der Waals surface area contributed by atoms with Gasteiger partial charge in [0.15, 0.2) is 0 Å². The number of aliphatic hydroxyl groups is 1. The van der Waals surface area contributed by atoms with Crippen molar-refractivity contribution in [1.82, 2.24) is 0 Å². The Morgan fingerprint density at radius 2 is 1.60 bits per heavy atom. The van der Waals surface area contributed by atoms with E-state index in [1.807, 2.05) is 6.07 Å². The SMILES string of the molecule is C=C1[C@H](O)C[C@H]2[C@@H]3[C@H](CCCCCCCCCS(=O)(=O)CCCC(F)(F)C(F)(F)F)Cc4cc(O)ccc4[C@H]3CC[C@]12C. The standard InChI is InChI=1S/C33H47F5O4S/c1-22-29(40)21-28-30-23(19-24-20-25(39)12-13-26(24)27(30)14-16-31(22,28)2)11-8-6-4-3-5-7-9-17-43(41,42)18-10-15-32(34,35)33(36,37)38/h12-13,20,23,27-30,39-40H,1,3-11,14-19,21H2,2H3/t23-,27-,28+,29-,30-,31-/m1/s1. The van der Waals surface area contributed by atoms with Crippen LogP contribution < -0.4 is 0 Å². The average molecular weight is 635 g/mol. The van der Waals surface area contributed by atoms with E-state index in [1.165, 1.54) is 11.1 Å². The molecule has 0 bridgehead atoms. The summed E-state index contributed by atoms with van der Waals surface area (Å²) in [5.41, 5.74) is 3.56. The Labute approximate surface area is 253 Å². The van der Waals surface area contributed by atoms with Crippen molar-refractivity contribution in [3.05, 3.63) is 41.5 Å². The van der Waals surface area contributed by atoms with Gasteiger partial charge in [0, 0.05) is 6.42 Å². The molecule has 3 aliphatic carbocycles. The van der Waals surface area contributed by atoms with Crippen LogP contribution in [0.5, 0.6) is 5.75 Å². The van der Waals surface area contributed by atoms with Gasteiger partial charge in [0.1, 0.15) is 15.6 Å². The van der Waals surface area contributed by atoms with Gasteiger partial charge in [-0.3, -0.25) is 0 Å². The highest BCUT2D eigenvalue weighted by atomic mass is 32.2. The first-order valence-corrected chi connectivity index (χ1v) is 17.7. The van der Waals surface area contributed by atoms with E-state index < -0.39 is 46.6 Å². The lowest BCUT2D eigenvalue weighted by Crippen LogP contribution is -2.44. The molecule has 2 fully saturated rings. The second-order valence-corrected chi connectivity index (χ2v) is 15.9. The second kappa shape index (κ2) is 13.4. The van der Waals surface area contributed by atoms with Gasteiger partial charge in [-0.1, -0.05) is 58.1 Å². The number of alkyl halides is 5. The van der Waals surface area contributed by atoms with E-state index in [1.54, 1.807) is 6.07 Å². The molecule has 0 aliphatic heterocycles. The first-order valence-electron chi connectivity index (χ1n) is 15.9. The summed E-state index contributed by atoms with van der Waals surface area (Å²) in [7, 11) is -3.65. The number of rotatable bonds is 14. The van der Waals surface area contributed by atoms with Crippen LogP contribution in [-0.4, -0.2) is 48.3 Å². The molecule has 10 heteroatoms. The highest BCUT2D eigenvalue weighted by molar-refractivity contribution is 7.91. The third kappa shape index (κ3) is 7.77. The molecule has 0 aromatic heterocycles. The number of fused-ring (bicyclic) bond motifs is 5. The smallest absolute Gasteiger partial charge is 0.453 e. The molecule has 0 amide bonds. The van der Waals surface area contributed by atoms with Crippen LogP contribution in [0, 0.1) is 23.2 Å². The molecule has 4 nitrogen and oxygen atoms in total. The highest BCUT2D eigenvalue weighted by Crippen LogP contribution is 2.64. The summed E-state index contributed by atoms with van der Waals surface area (Å²) in [6.07, 6.45) is 2.58. The van der Waals surface area contributed by atoms with Gasteiger partial charge in [-0.05, 0) is 103 Å². The van der Waals surface area contributed by atoms with Crippen LogP contribution >= 0.6 is 0 Å². The monoisotopic (exact) mass is 634 g/mol. The van der Waals surface area contributed by atoms with Crippen molar-refractivity contribution in [3.8, 4) is 5.75 Å². The van der Waals surface area contributed by atoms with Crippen LogP contribution in [0.1, 0.15) is 107 Å². The van der Waals surface area contributed by atoms with Gasteiger partial charge >= 0.3 is 12.1 Å². The van der Waals surface area contributed by atoms with Crippen molar-refractivity contribution in [1.29, 1.82) is 0 Å². The number of hydrogen-bond acceptors (Lipinski definition) is 4. The van der Waals surface area contributed by atoms with Gasteiger partial charge in [-0.2, -0.15) is 22.0 Å². The summed E-state index contributed by atoms with van der Waals surface area (Å²) in [4.78, 5) is 0. The Hall–Kier alpha value is -1.68. The van der Waals surface area contributed by atoms with E-state index in [2.05, 4.69) is 19.6 Å². The van der Waals surface area contributed by atoms with Crippen molar-refractivity contribution in [2.24, 2.45) is 23.2 Å². The molecule has 0 saturated heterocycles. The number of unbranched alkanes of at least 4 members (excludes halogenated alkanes) is 6. The number of aromatic hydroxyl groups is 1. The fraction of sp³-hybridized carbons (Fsp3) is 0.758. The quantitative estimate of drug-likeness (QED) is 0.122. The summed E-state index contributed by atoms with van der Waals surface area (Å²) in [5.74, 6) is -3.61. The minimum atomic E-state index is -5.66. The van der Waals surface area contributed by atoms with E-state index in [9.17, 15) is 40.6 Å². The third-order valence-corrected chi connectivity index (χ3v) is 12.6. The third-order valence-electron chi connectivity index (χ3n) is 10.8. The largest absolute Gasteiger partial charge is 0.508 e. The van der Waals surface area contributed by atoms with E-state index in [0.29, 0.717) is 42.3 Å². The molecule has 2 saturated carbocycles. The number of phenols is 1. The minimum Gasteiger partial charge on any atom is -0.508 e. The number of benzene rings is 1. The minimum absolute atomic E-state index is 0.0329. The molecule has 2 N–H and O–H groups in total. The van der Waals surface area contributed by atoms with E-state index in [4.69, 9.17) is 0 Å². The zero-order valence-corrected chi connectivity index (χ0v) is 26.0. The van der Waals surface area contributed by atoms with E-state index >= 15 is 0 Å². The molecule has 1 aromatic carbocycles. The molecule has 0 spiro atoms. The van der Waals surface area contributed by atoms with Crippen LogP contribution in [0.25, 0.3) is 0 Å². The zero-order valence-electron chi connectivity index (χ0n) is 25.1. The maximum Gasteiger partial charge on any atom is 0.453 e. The second-order valence-electron chi connectivity index (χ2n) is 13.6. The number of sulfone groups is 1. The van der Waals surface area contributed by atoms with Crippen molar-refractivity contribution < 1.29 is 40.6 Å². The maximum atomic E-state index is 13.0. The van der Waals surface area contributed by atoms with Gasteiger partial charge in [-0.15, -0.1) is 0 Å². The number of aliphatic hydroxyl groups excluding tert-OH is 1. The molecule has 0 radical (unpaired) electrons. The summed E-state index contributed by atoms with van der Waals surface area (Å²) in [5, 5.41) is 20.9. The highest BCUT2D eigenvalue weighted by Gasteiger charge is 2.57. The lowest BCUT2D eigenvalue weighted by Gasteiger charge is -2.52. The Kier molecular flexibility index (Phi) is 10.6. The van der Waals surface area contributed by atoms with E-state index in [0.717, 1.165) is 69.8 Å². The molecule has 6 atom stereocenters. The number of phenolic OH excluding ortho intramolecular Hbond substituents is 1. The van der Waals surface area contributed by atoms with Crippen LogP contribution in [0.2, 0.25) is 0 Å². The van der Waals surface area contributed by atoms with Gasteiger partial charge < -0.3 is 10.2 Å².